The summed E-state index contributed by atoms with van der Waals surface area (Å²) in [7, 11) is 0. The van der Waals surface area contributed by atoms with E-state index in [9.17, 15) is 0 Å². The fraction of sp³-hybridized carbons (Fsp3) is 0. The zero-order valence-electron chi connectivity index (χ0n) is 23.1. The lowest BCUT2D eigenvalue weighted by Crippen LogP contribution is -2.09. The highest BCUT2D eigenvalue weighted by Gasteiger charge is 2.19. The van der Waals surface area contributed by atoms with Crippen LogP contribution >= 0.6 is 0 Å². The van der Waals surface area contributed by atoms with Gasteiger partial charge in [-0.1, -0.05) is 115 Å². The summed E-state index contributed by atoms with van der Waals surface area (Å²) in [5, 5.41) is 5.05. The summed E-state index contributed by atoms with van der Waals surface area (Å²) < 4.78 is 2.43. The van der Waals surface area contributed by atoms with Crippen LogP contribution in [-0.2, 0) is 0 Å². The largest absolute Gasteiger partial charge is 0.310 e. The van der Waals surface area contributed by atoms with Crippen molar-refractivity contribution in [2.45, 2.75) is 0 Å². The van der Waals surface area contributed by atoms with Gasteiger partial charge in [0.2, 0.25) is 0 Å². The first-order valence-electron chi connectivity index (χ1n) is 14.4. The van der Waals surface area contributed by atoms with Crippen molar-refractivity contribution < 1.29 is 0 Å². The Morgan fingerprint density at radius 3 is 1.76 bits per heavy atom. The van der Waals surface area contributed by atoms with Crippen LogP contribution in [0.2, 0.25) is 0 Å². The number of anilines is 3. The molecule has 2 nitrogen and oxygen atoms in total. The molecule has 0 N–H and O–H groups in total. The quantitative estimate of drug-likeness (QED) is 0.212. The second-order valence-electron chi connectivity index (χ2n) is 10.6. The molecule has 0 aliphatic carbocycles. The van der Waals surface area contributed by atoms with E-state index in [1.807, 2.05) is 0 Å². The van der Waals surface area contributed by atoms with Gasteiger partial charge in [-0.3, -0.25) is 0 Å². The Balaban J connectivity index is 1.43. The maximum absolute atomic E-state index is 2.43. The summed E-state index contributed by atoms with van der Waals surface area (Å²) in [6.45, 7) is 0. The highest BCUT2D eigenvalue weighted by Crippen LogP contribution is 2.41. The standard InChI is InChI=1S/C40H28N2/c1-4-13-29(14-5-1)31-16-12-21-34(27-31)42-38-26-23-30-15-10-11-22-36(30)40(38)37-25-24-35(28-39(37)42)41(32-17-6-2-7-18-32)33-19-8-3-9-20-33/h1-28H. The summed E-state index contributed by atoms with van der Waals surface area (Å²) in [5.74, 6) is 0. The van der Waals surface area contributed by atoms with Crippen molar-refractivity contribution in [1.82, 2.24) is 4.57 Å². The normalized spacial score (nSPS) is 11.3. The average Bonchev–Trinajstić information content (AvgIpc) is 3.40. The third-order valence-corrected chi connectivity index (χ3v) is 8.14. The second kappa shape index (κ2) is 10.1. The SMILES string of the molecule is c1ccc(-c2cccc(-n3c4cc(N(c5ccccc5)c5ccccc5)ccc4c4c5ccccc5ccc43)c2)cc1. The van der Waals surface area contributed by atoms with Crippen LogP contribution in [0.4, 0.5) is 17.1 Å². The van der Waals surface area contributed by atoms with Crippen LogP contribution in [0.3, 0.4) is 0 Å². The minimum atomic E-state index is 1.12. The van der Waals surface area contributed by atoms with Gasteiger partial charge in [0.1, 0.15) is 0 Å². The van der Waals surface area contributed by atoms with Gasteiger partial charge in [-0.15, -0.1) is 0 Å². The first kappa shape index (κ1) is 24.2. The van der Waals surface area contributed by atoms with Crippen LogP contribution in [0.5, 0.6) is 0 Å². The van der Waals surface area contributed by atoms with Crippen molar-refractivity contribution in [2.75, 3.05) is 4.90 Å². The number of rotatable bonds is 5. The van der Waals surface area contributed by atoms with Crippen molar-refractivity contribution in [3.8, 4) is 16.8 Å². The number of fused-ring (bicyclic) bond motifs is 5. The van der Waals surface area contributed by atoms with Crippen molar-refractivity contribution in [2.24, 2.45) is 0 Å². The number of hydrogen-bond donors (Lipinski definition) is 0. The van der Waals surface area contributed by atoms with E-state index in [1.165, 1.54) is 43.7 Å². The molecule has 0 fully saturated rings. The molecule has 42 heavy (non-hydrogen) atoms. The lowest BCUT2D eigenvalue weighted by molar-refractivity contribution is 1.18. The van der Waals surface area contributed by atoms with Gasteiger partial charge in [0.25, 0.3) is 0 Å². The lowest BCUT2D eigenvalue weighted by atomic mass is 10.0. The van der Waals surface area contributed by atoms with E-state index < -0.39 is 0 Å². The Morgan fingerprint density at radius 2 is 1.02 bits per heavy atom. The van der Waals surface area contributed by atoms with Gasteiger partial charge in [0.15, 0.2) is 0 Å². The van der Waals surface area contributed by atoms with E-state index in [2.05, 4.69) is 179 Å². The topological polar surface area (TPSA) is 8.17 Å². The summed E-state index contributed by atoms with van der Waals surface area (Å²) >= 11 is 0. The zero-order chi connectivity index (χ0) is 27.9. The van der Waals surface area contributed by atoms with Gasteiger partial charge in [-0.25, -0.2) is 0 Å². The highest BCUT2D eigenvalue weighted by molar-refractivity contribution is 6.21. The van der Waals surface area contributed by atoms with Crippen LogP contribution in [0, 0.1) is 0 Å². The zero-order valence-corrected chi connectivity index (χ0v) is 23.1. The number of nitrogens with zero attached hydrogens (tertiary/aromatic N) is 2. The number of para-hydroxylation sites is 2. The van der Waals surface area contributed by atoms with Crippen molar-refractivity contribution in [3.63, 3.8) is 0 Å². The van der Waals surface area contributed by atoms with E-state index >= 15 is 0 Å². The number of benzene rings is 7. The summed E-state index contributed by atoms with van der Waals surface area (Å²) in [6.07, 6.45) is 0. The first-order chi connectivity index (χ1) is 20.8. The molecule has 0 bridgehead atoms. The van der Waals surface area contributed by atoms with Gasteiger partial charge >= 0.3 is 0 Å². The van der Waals surface area contributed by atoms with Crippen molar-refractivity contribution >= 4 is 49.6 Å². The maximum atomic E-state index is 2.43. The highest BCUT2D eigenvalue weighted by atomic mass is 15.1. The van der Waals surface area contributed by atoms with Gasteiger partial charge in [0.05, 0.1) is 11.0 Å². The van der Waals surface area contributed by atoms with Gasteiger partial charge in [-0.05, 0) is 76.5 Å². The average molecular weight is 537 g/mol. The van der Waals surface area contributed by atoms with E-state index in [4.69, 9.17) is 0 Å². The Kier molecular flexibility index (Phi) is 5.82. The lowest BCUT2D eigenvalue weighted by Gasteiger charge is -2.25. The maximum Gasteiger partial charge on any atom is 0.0562 e. The summed E-state index contributed by atoms with van der Waals surface area (Å²) in [5.41, 5.74) is 9.32. The molecule has 1 aromatic heterocycles. The molecule has 198 valence electrons. The van der Waals surface area contributed by atoms with Crippen LogP contribution in [0.25, 0.3) is 49.4 Å². The minimum Gasteiger partial charge on any atom is -0.310 e. The van der Waals surface area contributed by atoms with E-state index in [1.54, 1.807) is 0 Å². The third-order valence-electron chi connectivity index (χ3n) is 8.14. The second-order valence-corrected chi connectivity index (χ2v) is 10.6. The molecule has 0 spiro atoms. The molecule has 1 heterocycles. The van der Waals surface area contributed by atoms with Gasteiger partial charge in [0, 0.05) is 33.5 Å². The molecule has 0 atom stereocenters. The van der Waals surface area contributed by atoms with E-state index in [-0.39, 0.29) is 0 Å². The predicted octanol–water partition coefficient (Wildman–Crippen LogP) is 11.1. The predicted molar refractivity (Wildman–Crippen MR) is 178 cm³/mol. The third kappa shape index (κ3) is 4.05. The Bertz CT molecular complexity index is 2140. The Morgan fingerprint density at radius 1 is 0.381 bits per heavy atom. The van der Waals surface area contributed by atoms with E-state index in [0.717, 1.165) is 22.7 Å². The van der Waals surface area contributed by atoms with Crippen molar-refractivity contribution in [1.29, 1.82) is 0 Å². The molecule has 7 aromatic carbocycles. The molecule has 2 heteroatoms. The van der Waals surface area contributed by atoms with Gasteiger partial charge < -0.3 is 9.47 Å². The molecule has 0 amide bonds. The fourth-order valence-electron chi connectivity index (χ4n) is 6.25. The Labute approximate surface area is 245 Å². The van der Waals surface area contributed by atoms with Crippen LogP contribution in [-0.4, -0.2) is 4.57 Å². The Hall–Kier alpha value is -5.60. The minimum absolute atomic E-state index is 1.12. The van der Waals surface area contributed by atoms with Crippen LogP contribution in [0.1, 0.15) is 0 Å². The molecule has 0 radical (unpaired) electrons. The summed E-state index contributed by atoms with van der Waals surface area (Å²) in [6, 6.07) is 60.9. The van der Waals surface area contributed by atoms with Crippen LogP contribution < -0.4 is 4.90 Å². The summed E-state index contributed by atoms with van der Waals surface area (Å²) in [4.78, 5) is 2.33. The molecule has 0 aliphatic rings. The molecule has 0 saturated carbocycles. The number of hydrogen-bond acceptors (Lipinski definition) is 1. The van der Waals surface area contributed by atoms with Gasteiger partial charge in [-0.2, -0.15) is 0 Å². The smallest absolute Gasteiger partial charge is 0.0562 e. The molecule has 0 unspecified atom stereocenters. The first-order valence-corrected chi connectivity index (χ1v) is 14.4. The molecule has 0 aliphatic heterocycles. The van der Waals surface area contributed by atoms with Crippen molar-refractivity contribution in [3.05, 3.63) is 170 Å². The molecular weight excluding hydrogens is 508 g/mol. The fourth-order valence-corrected chi connectivity index (χ4v) is 6.25. The number of aromatic nitrogens is 1. The van der Waals surface area contributed by atoms with E-state index in [0.29, 0.717) is 0 Å². The monoisotopic (exact) mass is 536 g/mol. The molecule has 0 saturated heterocycles. The molecule has 8 aromatic rings. The molecular formula is C40H28N2. The van der Waals surface area contributed by atoms with Crippen LogP contribution in [0.15, 0.2) is 170 Å². The molecule has 8 rings (SSSR count).